The van der Waals surface area contributed by atoms with E-state index in [2.05, 4.69) is 40.2 Å². The number of nitrogens with zero attached hydrogens (tertiary/aromatic N) is 2. The Hall–Kier alpha value is -1.08. The minimum atomic E-state index is -0.549. The van der Waals surface area contributed by atoms with Gasteiger partial charge in [-0.3, -0.25) is 4.68 Å². The molecule has 0 aliphatic carbocycles. The lowest BCUT2D eigenvalue weighted by Crippen LogP contribution is -2.44. The molecule has 0 aromatic carbocycles. The molecule has 2 N–H and O–H groups in total. The number of aryl methyl sites for hydroxylation is 2. The number of ether oxygens (including phenoxy) is 1. The minimum absolute atomic E-state index is 0.0301. The van der Waals surface area contributed by atoms with E-state index >= 15 is 0 Å². The third-order valence-electron chi connectivity index (χ3n) is 3.99. The molecule has 25 heavy (non-hydrogen) atoms. The van der Waals surface area contributed by atoms with E-state index in [4.69, 9.17) is 4.74 Å². The minimum Gasteiger partial charge on any atom is -0.444 e. The average molecular weight is 418 g/mol. The summed E-state index contributed by atoms with van der Waals surface area (Å²) in [4.78, 5) is 12.1. The third kappa shape index (κ3) is 6.62. The maximum atomic E-state index is 12.1. The Labute approximate surface area is 159 Å². The van der Waals surface area contributed by atoms with Crippen molar-refractivity contribution in [2.45, 2.75) is 60.0 Å². The van der Waals surface area contributed by atoms with Crippen LogP contribution in [-0.2, 0) is 18.2 Å². The lowest BCUT2D eigenvalue weighted by molar-refractivity contribution is 0.0437. The van der Waals surface area contributed by atoms with Gasteiger partial charge >= 0.3 is 6.09 Å². The monoisotopic (exact) mass is 417 g/mol. The molecule has 0 saturated heterocycles. The topological polar surface area (TPSA) is 76.4 Å². The Morgan fingerprint density at radius 3 is 2.40 bits per heavy atom. The molecule has 0 fully saturated rings. The van der Waals surface area contributed by atoms with Crippen LogP contribution in [0, 0.1) is 18.3 Å². The number of alkyl carbamates (subject to hydrolysis) is 1. The van der Waals surface area contributed by atoms with Crippen molar-refractivity contribution < 1.29 is 14.6 Å². The molecule has 1 atom stereocenters. The van der Waals surface area contributed by atoms with Crippen LogP contribution < -0.4 is 5.32 Å². The first kappa shape index (κ1) is 22.0. The van der Waals surface area contributed by atoms with Crippen LogP contribution in [0.5, 0.6) is 0 Å². The molecule has 1 heterocycles. The number of amides is 1. The van der Waals surface area contributed by atoms with Crippen molar-refractivity contribution in [1.29, 1.82) is 0 Å². The molecule has 6 nitrogen and oxygen atoms in total. The molecule has 1 unspecified atom stereocenters. The predicted octanol–water partition coefficient (Wildman–Crippen LogP) is 3.58. The number of nitrogens with one attached hydrogen (secondary N) is 1. The summed E-state index contributed by atoms with van der Waals surface area (Å²) in [6.07, 6.45) is 0.917. The Morgan fingerprint density at radius 2 is 2.00 bits per heavy atom. The van der Waals surface area contributed by atoms with E-state index in [1.165, 1.54) is 0 Å². The Morgan fingerprint density at radius 1 is 1.40 bits per heavy atom. The van der Waals surface area contributed by atoms with Crippen molar-refractivity contribution in [1.82, 2.24) is 15.1 Å². The number of carbonyl (C=O) groups is 1. The molecule has 0 bridgehead atoms. The van der Waals surface area contributed by atoms with Gasteiger partial charge in [0.25, 0.3) is 0 Å². The number of aliphatic hydroxyl groups is 1. The van der Waals surface area contributed by atoms with Gasteiger partial charge in [-0.05, 0) is 62.4 Å². The summed E-state index contributed by atoms with van der Waals surface area (Å²) in [5, 5.41) is 17.4. The highest BCUT2D eigenvalue weighted by Crippen LogP contribution is 2.33. The van der Waals surface area contributed by atoms with Crippen molar-refractivity contribution in [2.75, 3.05) is 13.2 Å². The van der Waals surface area contributed by atoms with E-state index in [0.29, 0.717) is 18.9 Å². The average Bonchev–Trinajstić information content (AvgIpc) is 2.69. The summed E-state index contributed by atoms with van der Waals surface area (Å²) in [6.45, 7) is 12.0. The van der Waals surface area contributed by atoms with E-state index < -0.39 is 17.1 Å². The first-order valence-corrected chi connectivity index (χ1v) is 9.44. The number of aliphatic hydroxyl groups excluding tert-OH is 1. The van der Waals surface area contributed by atoms with E-state index in [1.54, 1.807) is 0 Å². The summed E-state index contributed by atoms with van der Waals surface area (Å²) >= 11 is 3.59. The van der Waals surface area contributed by atoms with Crippen molar-refractivity contribution in [3.63, 3.8) is 0 Å². The summed E-state index contributed by atoms with van der Waals surface area (Å²) in [6, 6.07) is 0. The standard InChI is InChI=1S/C18H32BrN3O3/c1-12(2)8-18(11-23,10-20-16(24)25-17(4,5)6)9-14-15(19)13(3)21-22(14)7/h12,23H,8-11H2,1-7H3,(H,20,24). The second-order valence-corrected chi connectivity index (χ2v) is 9.05. The number of rotatable bonds is 7. The molecule has 0 aliphatic heterocycles. The molecular weight excluding hydrogens is 386 g/mol. The molecule has 0 saturated carbocycles. The highest BCUT2D eigenvalue weighted by Gasteiger charge is 2.34. The second-order valence-electron chi connectivity index (χ2n) is 8.26. The van der Waals surface area contributed by atoms with Gasteiger partial charge in [0.05, 0.1) is 22.5 Å². The highest BCUT2D eigenvalue weighted by atomic mass is 79.9. The van der Waals surface area contributed by atoms with Crippen molar-refractivity contribution in [2.24, 2.45) is 18.4 Å². The Kier molecular flexibility index (Phi) is 7.50. The SMILES string of the molecule is Cc1nn(C)c(CC(CO)(CNC(=O)OC(C)(C)C)CC(C)C)c1Br. The maximum absolute atomic E-state index is 12.1. The van der Waals surface area contributed by atoms with Crippen LogP contribution in [0.3, 0.4) is 0 Å². The molecular formula is C18H32BrN3O3. The van der Waals surface area contributed by atoms with Crippen LogP contribution in [0.25, 0.3) is 0 Å². The maximum Gasteiger partial charge on any atom is 0.407 e. The zero-order chi connectivity index (χ0) is 19.4. The Bertz CT molecular complexity index is 593. The lowest BCUT2D eigenvalue weighted by atomic mass is 9.77. The fourth-order valence-corrected chi connectivity index (χ4v) is 3.53. The molecule has 1 aromatic heterocycles. The fourth-order valence-electron chi connectivity index (χ4n) is 3.05. The van der Waals surface area contributed by atoms with E-state index in [1.807, 2.05) is 39.4 Å². The van der Waals surface area contributed by atoms with Crippen molar-refractivity contribution in [3.05, 3.63) is 15.9 Å². The van der Waals surface area contributed by atoms with Crippen LogP contribution in [0.15, 0.2) is 4.47 Å². The summed E-state index contributed by atoms with van der Waals surface area (Å²) in [7, 11) is 1.89. The van der Waals surface area contributed by atoms with Gasteiger partial charge in [-0.15, -0.1) is 0 Å². The van der Waals surface area contributed by atoms with Crippen molar-refractivity contribution >= 4 is 22.0 Å². The molecule has 0 aliphatic rings. The molecule has 7 heteroatoms. The van der Waals surface area contributed by atoms with Crippen LogP contribution in [0.2, 0.25) is 0 Å². The zero-order valence-corrected chi connectivity index (χ0v) is 18.0. The van der Waals surface area contributed by atoms with Gasteiger partial charge in [0.1, 0.15) is 5.60 Å². The fraction of sp³-hybridized carbons (Fsp3) is 0.778. The predicted molar refractivity (Wildman–Crippen MR) is 103 cm³/mol. The first-order valence-electron chi connectivity index (χ1n) is 8.65. The normalized spacial score (nSPS) is 14.5. The molecule has 144 valence electrons. The van der Waals surface area contributed by atoms with Gasteiger partial charge in [0.15, 0.2) is 0 Å². The molecule has 1 rings (SSSR count). The number of halogens is 1. The Balaban J connectivity index is 2.99. The highest BCUT2D eigenvalue weighted by molar-refractivity contribution is 9.10. The smallest absolute Gasteiger partial charge is 0.407 e. The number of hydrogen-bond donors (Lipinski definition) is 2. The van der Waals surface area contributed by atoms with Crippen LogP contribution in [0.1, 0.15) is 52.4 Å². The zero-order valence-electron chi connectivity index (χ0n) is 16.4. The molecule has 1 aromatic rings. The van der Waals surface area contributed by atoms with Gasteiger partial charge < -0.3 is 15.2 Å². The molecule has 0 radical (unpaired) electrons. The van der Waals surface area contributed by atoms with Gasteiger partial charge in [-0.2, -0.15) is 5.10 Å². The molecule has 1 amide bonds. The van der Waals surface area contributed by atoms with E-state index in [0.717, 1.165) is 22.3 Å². The van der Waals surface area contributed by atoms with Crippen LogP contribution in [0.4, 0.5) is 4.79 Å². The summed E-state index contributed by atoms with van der Waals surface area (Å²) in [5.74, 6) is 0.376. The van der Waals surface area contributed by atoms with Crippen molar-refractivity contribution in [3.8, 4) is 0 Å². The van der Waals surface area contributed by atoms with Crippen LogP contribution >= 0.6 is 15.9 Å². The van der Waals surface area contributed by atoms with E-state index in [-0.39, 0.29) is 6.61 Å². The second kappa shape index (κ2) is 8.54. The van der Waals surface area contributed by atoms with E-state index in [9.17, 15) is 9.90 Å². The number of carbonyl (C=O) groups excluding carboxylic acids is 1. The first-order chi connectivity index (χ1) is 11.4. The van der Waals surface area contributed by atoms with Gasteiger partial charge in [-0.1, -0.05) is 13.8 Å². The largest absolute Gasteiger partial charge is 0.444 e. The van der Waals surface area contributed by atoms with Gasteiger partial charge in [0.2, 0.25) is 0 Å². The summed E-state index contributed by atoms with van der Waals surface area (Å²) < 4.78 is 8.11. The number of aromatic nitrogens is 2. The third-order valence-corrected chi connectivity index (χ3v) is 5.02. The van der Waals surface area contributed by atoms with Gasteiger partial charge in [-0.25, -0.2) is 4.79 Å². The quantitative estimate of drug-likeness (QED) is 0.710. The summed E-state index contributed by atoms with van der Waals surface area (Å²) in [5.41, 5.74) is 0.896. The molecule has 0 spiro atoms. The van der Waals surface area contributed by atoms with Gasteiger partial charge in [0, 0.05) is 19.0 Å². The lowest BCUT2D eigenvalue weighted by Gasteiger charge is -2.34. The van der Waals surface area contributed by atoms with Crippen LogP contribution in [-0.4, -0.2) is 39.7 Å². The number of hydrogen-bond acceptors (Lipinski definition) is 4.